The van der Waals surface area contributed by atoms with Gasteiger partial charge in [0.25, 0.3) is 0 Å². The maximum atomic E-state index is 10.3. The maximum Gasteiger partial charge on any atom is 0.0580 e. The molecule has 1 spiro atoms. The zero-order valence-electron chi connectivity index (χ0n) is 19.6. The summed E-state index contributed by atoms with van der Waals surface area (Å²) in [5.41, 5.74) is 4.70. The summed E-state index contributed by atoms with van der Waals surface area (Å²) in [6.45, 7) is 12.3. The third kappa shape index (κ3) is 2.89. The van der Waals surface area contributed by atoms with Gasteiger partial charge < -0.3 is 5.11 Å². The minimum absolute atomic E-state index is 0.0513. The molecule has 5 aliphatic carbocycles. The van der Waals surface area contributed by atoms with Crippen LogP contribution in [0.2, 0.25) is 0 Å². The predicted molar refractivity (Wildman–Crippen MR) is 121 cm³/mol. The Morgan fingerprint density at radius 2 is 1.79 bits per heavy atom. The van der Waals surface area contributed by atoms with Gasteiger partial charge in [0.15, 0.2) is 0 Å². The van der Waals surface area contributed by atoms with Crippen molar-refractivity contribution >= 4 is 0 Å². The molecular weight excluding hydrogens is 352 g/mol. The Bertz CT molecular complexity index is 716. The van der Waals surface area contributed by atoms with E-state index in [2.05, 4.69) is 46.8 Å². The molecule has 9 atom stereocenters. The van der Waals surface area contributed by atoms with Crippen molar-refractivity contribution in [3.8, 4) is 0 Å². The van der Waals surface area contributed by atoms with Gasteiger partial charge in [-0.2, -0.15) is 0 Å². The van der Waals surface area contributed by atoms with Crippen molar-refractivity contribution in [3.05, 3.63) is 23.3 Å². The van der Waals surface area contributed by atoms with Crippen LogP contribution in [0.25, 0.3) is 0 Å². The summed E-state index contributed by atoms with van der Waals surface area (Å²) < 4.78 is 0. The Morgan fingerprint density at radius 3 is 2.55 bits per heavy atom. The molecule has 3 fully saturated rings. The van der Waals surface area contributed by atoms with Crippen LogP contribution in [-0.4, -0.2) is 11.2 Å². The van der Waals surface area contributed by atoms with Gasteiger partial charge in [0, 0.05) is 0 Å². The molecule has 0 aromatic rings. The highest BCUT2D eigenvalue weighted by atomic mass is 16.3. The van der Waals surface area contributed by atoms with E-state index in [0.29, 0.717) is 22.7 Å². The lowest BCUT2D eigenvalue weighted by atomic mass is 9.56. The van der Waals surface area contributed by atoms with Crippen LogP contribution in [0.1, 0.15) is 92.4 Å². The van der Waals surface area contributed by atoms with Gasteiger partial charge in [-0.3, -0.25) is 0 Å². The number of hydrogen-bond donors (Lipinski definition) is 1. The molecule has 29 heavy (non-hydrogen) atoms. The van der Waals surface area contributed by atoms with Crippen LogP contribution >= 0.6 is 0 Å². The lowest BCUT2D eigenvalue weighted by Gasteiger charge is -2.49. The lowest BCUT2D eigenvalue weighted by Crippen LogP contribution is -2.41. The molecular formula is C28H44O. The highest BCUT2D eigenvalue weighted by Crippen LogP contribution is 2.82. The van der Waals surface area contributed by atoms with Gasteiger partial charge in [0.1, 0.15) is 0 Å². The monoisotopic (exact) mass is 396 g/mol. The number of hydrogen-bond acceptors (Lipinski definition) is 1. The normalized spacial score (nSPS) is 48.2. The Balaban J connectivity index is 1.36. The van der Waals surface area contributed by atoms with Crippen LogP contribution in [0.5, 0.6) is 0 Å². The Kier molecular flexibility index (Phi) is 4.89. The molecule has 0 aromatic heterocycles. The van der Waals surface area contributed by atoms with E-state index in [0.717, 1.165) is 42.4 Å². The first-order chi connectivity index (χ1) is 13.8. The fraction of sp³-hybridized carbons (Fsp3) is 0.857. The Hall–Kier alpha value is -0.560. The smallest absolute Gasteiger partial charge is 0.0580 e. The third-order valence-electron chi connectivity index (χ3n) is 10.9. The summed E-state index contributed by atoms with van der Waals surface area (Å²) in [6, 6.07) is 0. The molecule has 3 saturated carbocycles. The van der Waals surface area contributed by atoms with Crippen LogP contribution in [0.3, 0.4) is 0 Å². The zero-order chi connectivity index (χ0) is 20.6. The van der Waals surface area contributed by atoms with Crippen molar-refractivity contribution in [2.24, 2.45) is 52.3 Å². The molecule has 0 bridgehead atoms. The van der Waals surface area contributed by atoms with Crippen molar-refractivity contribution in [2.75, 3.05) is 0 Å². The van der Waals surface area contributed by atoms with Crippen molar-refractivity contribution in [2.45, 2.75) is 98.5 Å². The zero-order valence-corrected chi connectivity index (χ0v) is 19.6. The maximum absolute atomic E-state index is 10.3. The van der Waals surface area contributed by atoms with Gasteiger partial charge in [-0.05, 0) is 104 Å². The number of aliphatic hydroxyl groups is 1. The van der Waals surface area contributed by atoms with Crippen molar-refractivity contribution in [1.29, 1.82) is 0 Å². The first-order valence-corrected chi connectivity index (χ1v) is 12.9. The second-order valence-corrected chi connectivity index (χ2v) is 12.4. The number of aliphatic hydroxyl groups excluding tert-OH is 1. The average Bonchev–Trinajstić information content (AvgIpc) is 2.97. The van der Waals surface area contributed by atoms with Crippen molar-refractivity contribution < 1.29 is 5.11 Å². The molecule has 0 aliphatic heterocycles. The van der Waals surface area contributed by atoms with E-state index >= 15 is 0 Å². The molecule has 1 heteroatoms. The quantitative estimate of drug-likeness (QED) is 0.500. The molecule has 9 unspecified atom stereocenters. The van der Waals surface area contributed by atoms with E-state index in [1.165, 1.54) is 44.9 Å². The van der Waals surface area contributed by atoms with Crippen LogP contribution < -0.4 is 0 Å². The second kappa shape index (κ2) is 6.98. The highest BCUT2D eigenvalue weighted by Gasteiger charge is 2.75. The SMILES string of the molecule is CC(C)C(C)C=CC(C)C1CCC2C1(C)CCCC21C2CC3=C(CC(O)CC3)C21. The van der Waals surface area contributed by atoms with Gasteiger partial charge >= 0.3 is 0 Å². The van der Waals surface area contributed by atoms with Crippen LogP contribution in [0, 0.1) is 52.3 Å². The topological polar surface area (TPSA) is 20.2 Å². The van der Waals surface area contributed by atoms with Crippen molar-refractivity contribution in [3.63, 3.8) is 0 Å². The lowest BCUT2D eigenvalue weighted by molar-refractivity contribution is 0.0117. The van der Waals surface area contributed by atoms with Gasteiger partial charge in [-0.15, -0.1) is 0 Å². The third-order valence-corrected chi connectivity index (χ3v) is 10.9. The van der Waals surface area contributed by atoms with E-state index in [-0.39, 0.29) is 6.10 Å². The van der Waals surface area contributed by atoms with Crippen LogP contribution in [0.4, 0.5) is 0 Å². The van der Waals surface area contributed by atoms with E-state index in [4.69, 9.17) is 0 Å². The molecule has 0 heterocycles. The summed E-state index contributed by atoms with van der Waals surface area (Å²) in [7, 11) is 0. The highest BCUT2D eigenvalue weighted by molar-refractivity contribution is 5.42. The summed E-state index contributed by atoms with van der Waals surface area (Å²) in [5.74, 6) is 5.76. The first kappa shape index (κ1) is 20.3. The van der Waals surface area contributed by atoms with Gasteiger partial charge in [-0.1, -0.05) is 64.3 Å². The standard InChI is InChI=1S/C28H44O/c1-17(2)18(3)7-8-19(4)23-11-12-25-27(23,5)13-6-14-28(25)24-15-20-9-10-21(29)16-22(20)26(24)28/h7-8,17-19,21,23-26,29H,6,9-16H2,1-5H3. The van der Waals surface area contributed by atoms with Crippen molar-refractivity contribution in [1.82, 2.24) is 0 Å². The predicted octanol–water partition coefficient (Wildman–Crippen LogP) is 7.16. The van der Waals surface area contributed by atoms with Gasteiger partial charge in [-0.25, -0.2) is 0 Å². The average molecular weight is 397 g/mol. The van der Waals surface area contributed by atoms with Gasteiger partial charge in [0.2, 0.25) is 0 Å². The summed E-state index contributed by atoms with van der Waals surface area (Å²) in [5, 5.41) is 10.3. The van der Waals surface area contributed by atoms with E-state index < -0.39 is 0 Å². The molecule has 0 saturated heterocycles. The summed E-state index contributed by atoms with van der Waals surface area (Å²) >= 11 is 0. The molecule has 1 nitrogen and oxygen atoms in total. The summed E-state index contributed by atoms with van der Waals surface area (Å²) in [6.07, 6.45) is 17.0. The number of rotatable bonds is 4. The fourth-order valence-electron chi connectivity index (χ4n) is 9.11. The molecule has 1 N–H and O–H groups in total. The molecule has 0 amide bonds. The number of fused-ring (bicyclic) bond motifs is 6. The van der Waals surface area contributed by atoms with Crippen LogP contribution in [-0.2, 0) is 0 Å². The second-order valence-electron chi connectivity index (χ2n) is 12.4. The first-order valence-electron chi connectivity index (χ1n) is 12.9. The fourth-order valence-corrected chi connectivity index (χ4v) is 9.11. The van der Waals surface area contributed by atoms with E-state index in [9.17, 15) is 5.11 Å². The van der Waals surface area contributed by atoms with E-state index in [1.807, 2.05) is 0 Å². The number of allylic oxidation sites excluding steroid dienone is 3. The van der Waals surface area contributed by atoms with Gasteiger partial charge in [0.05, 0.1) is 6.10 Å². The molecule has 0 aromatic carbocycles. The molecule has 162 valence electrons. The molecule has 5 rings (SSSR count). The van der Waals surface area contributed by atoms with Crippen LogP contribution in [0.15, 0.2) is 23.3 Å². The minimum Gasteiger partial charge on any atom is -0.393 e. The Morgan fingerprint density at radius 1 is 1.00 bits per heavy atom. The summed E-state index contributed by atoms with van der Waals surface area (Å²) in [4.78, 5) is 0. The van der Waals surface area contributed by atoms with E-state index in [1.54, 1.807) is 11.1 Å². The molecule has 5 aliphatic rings. The minimum atomic E-state index is -0.0513. The Labute approximate surface area is 179 Å². The molecule has 0 radical (unpaired) electrons. The largest absolute Gasteiger partial charge is 0.393 e.